The smallest absolute Gasteiger partial charge is 0.360 e. The van der Waals surface area contributed by atoms with Crippen molar-refractivity contribution in [1.29, 1.82) is 0 Å². The van der Waals surface area contributed by atoms with Gasteiger partial charge in [-0.2, -0.15) is 0 Å². The fourth-order valence-corrected chi connectivity index (χ4v) is 2.28. The maximum atomic E-state index is 11.4. The Bertz CT molecular complexity index is 416. The first-order valence-corrected chi connectivity index (χ1v) is 5.72. The number of nitrogens with zero attached hydrogens (tertiary/aromatic N) is 3. The zero-order valence-electron chi connectivity index (χ0n) is 10.2. The van der Waals surface area contributed by atoms with Gasteiger partial charge in [0, 0.05) is 12.6 Å². The molecule has 6 nitrogen and oxygen atoms in total. The van der Waals surface area contributed by atoms with E-state index in [0.717, 1.165) is 25.9 Å². The summed E-state index contributed by atoms with van der Waals surface area (Å²) in [7, 11) is 3.41. The zero-order chi connectivity index (χ0) is 12.4. The van der Waals surface area contributed by atoms with Crippen molar-refractivity contribution in [2.24, 2.45) is 0 Å². The van der Waals surface area contributed by atoms with Crippen molar-refractivity contribution in [3.8, 4) is 0 Å². The number of rotatable bonds is 2. The summed E-state index contributed by atoms with van der Waals surface area (Å²) < 4.78 is 6.51. The van der Waals surface area contributed by atoms with Crippen molar-refractivity contribution in [1.82, 2.24) is 14.5 Å². The topological polar surface area (TPSA) is 73.4 Å². The Balaban J connectivity index is 2.21. The lowest BCUT2D eigenvalue weighted by molar-refractivity contribution is 0.0596. The third-order valence-electron chi connectivity index (χ3n) is 3.20. The second-order valence-corrected chi connectivity index (χ2v) is 4.44. The lowest BCUT2D eigenvalue weighted by Crippen LogP contribution is -2.33. The van der Waals surface area contributed by atoms with Gasteiger partial charge in [-0.15, -0.1) is 0 Å². The highest BCUT2D eigenvalue weighted by Gasteiger charge is 2.24. The van der Waals surface area contributed by atoms with Crippen LogP contribution in [0.4, 0.5) is 5.82 Å². The van der Waals surface area contributed by atoms with Gasteiger partial charge in [-0.25, -0.2) is 9.78 Å². The van der Waals surface area contributed by atoms with Crippen LogP contribution in [-0.4, -0.2) is 47.7 Å². The summed E-state index contributed by atoms with van der Waals surface area (Å²) in [5.74, 6) is -0.0810. The van der Waals surface area contributed by atoms with Crippen molar-refractivity contribution >= 4 is 11.8 Å². The molecule has 0 bridgehead atoms. The normalized spacial score (nSPS) is 21.4. The molecule has 0 saturated carbocycles. The van der Waals surface area contributed by atoms with Crippen LogP contribution in [0.1, 0.15) is 29.4 Å². The minimum atomic E-state index is -0.481. The van der Waals surface area contributed by atoms with E-state index in [0.29, 0.717) is 11.9 Å². The number of carbonyl (C=O) groups excluding carboxylic acids is 1. The molecule has 1 aliphatic heterocycles. The van der Waals surface area contributed by atoms with E-state index < -0.39 is 5.97 Å². The van der Waals surface area contributed by atoms with E-state index in [9.17, 15) is 4.79 Å². The number of likely N-dealkylation sites (tertiary alicyclic amines) is 1. The van der Waals surface area contributed by atoms with Gasteiger partial charge in [-0.3, -0.25) is 0 Å². The van der Waals surface area contributed by atoms with Crippen LogP contribution >= 0.6 is 0 Å². The molecule has 1 atom stereocenters. The Morgan fingerprint density at radius 1 is 1.65 bits per heavy atom. The highest BCUT2D eigenvalue weighted by Crippen LogP contribution is 2.24. The number of methoxy groups -OCH3 is 1. The molecule has 1 aromatic heterocycles. The molecule has 0 spiro atoms. The van der Waals surface area contributed by atoms with Crippen molar-refractivity contribution in [2.75, 3.05) is 33.0 Å². The highest BCUT2D eigenvalue weighted by atomic mass is 16.5. The van der Waals surface area contributed by atoms with E-state index in [2.05, 4.69) is 21.7 Å². The third kappa shape index (κ3) is 2.26. The number of nitrogen functional groups attached to an aromatic ring is 1. The molecule has 2 rings (SSSR count). The van der Waals surface area contributed by atoms with E-state index >= 15 is 0 Å². The van der Waals surface area contributed by atoms with E-state index in [4.69, 9.17) is 5.73 Å². The molecule has 1 aliphatic rings. The third-order valence-corrected chi connectivity index (χ3v) is 3.20. The predicted molar refractivity (Wildman–Crippen MR) is 63.7 cm³/mol. The zero-order valence-corrected chi connectivity index (χ0v) is 10.2. The summed E-state index contributed by atoms with van der Waals surface area (Å²) in [5, 5.41) is 0. The van der Waals surface area contributed by atoms with Crippen molar-refractivity contribution in [3.05, 3.63) is 12.0 Å². The molecule has 1 unspecified atom stereocenters. The molecule has 94 valence electrons. The number of imidazole rings is 1. The first kappa shape index (κ1) is 11.9. The Labute approximate surface area is 100 Å². The maximum Gasteiger partial charge on any atom is 0.360 e. The second-order valence-electron chi connectivity index (χ2n) is 4.44. The Morgan fingerprint density at radius 3 is 3.06 bits per heavy atom. The number of piperidine rings is 1. The summed E-state index contributed by atoms with van der Waals surface area (Å²) in [6.45, 7) is 2.04. The molecule has 17 heavy (non-hydrogen) atoms. The number of hydrogen-bond donors (Lipinski definition) is 1. The first-order chi connectivity index (χ1) is 8.13. The number of carbonyl (C=O) groups is 1. The van der Waals surface area contributed by atoms with Crippen LogP contribution in [0.25, 0.3) is 0 Å². The number of nitrogens with two attached hydrogens (primary N) is 1. The van der Waals surface area contributed by atoms with E-state index in [1.54, 1.807) is 6.33 Å². The number of likely N-dealkylation sites (N-methyl/N-ethyl adjacent to an activating group) is 1. The monoisotopic (exact) mass is 238 g/mol. The molecule has 6 heteroatoms. The summed E-state index contributed by atoms with van der Waals surface area (Å²) in [6.07, 6.45) is 3.82. The average Bonchev–Trinajstić information content (AvgIpc) is 2.70. The molecule has 0 amide bonds. The van der Waals surface area contributed by atoms with E-state index in [-0.39, 0.29) is 5.69 Å². The van der Waals surface area contributed by atoms with Gasteiger partial charge in [0.25, 0.3) is 0 Å². The Morgan fingerprint density at radius 2 is 2.41 bits per heavy atom. The lowest BCUT2D eigenvalue weighted by Gasteiger charge is -2.30. The number of esters is 1. The van der Waals surface area contributed by atoms with Crippen LogP contribution < -0.4 is 5.73 Å². The molecule has 0 aromatic carbocycles. The molecule has 1 saturated heterocycles. The van der Waals surface area contributed by atoms with Crippen LogP contribution in [0.5, 0.6) is 0 Å². The Kier molecular flexibility index (Phi) is 3.33. The van der Waals surface area contributed by atoms with Gasteiger partial charge in [0.2, 0.25) is 0 Å². The molecular formula is C11H18N4O2. The molecule has 1 fully saturated rings. The number of ether oxygens (including phenoxy) is 1. The van der Waals surface area contributed by atoms with Crippen LogP contribution in [0.15, 0.2) is 6.33 Å². The van der Waals surface area contributed by atoms with Crippen molar-refractivity contribution in [2.45, 2.75) is 18.9 Å². The summed E-state index contributed by atoms with van der Waals surface area (Å²) in [6, 6.07) is 0.291. The first-order valence-electron chi connectivity index (χ1n) is 5.72. The van der Waals surface area contributed by atoms with E-state index in [1.807, 2.05) is 4.57 Å². The largest absolute Gasteiger partial charge is 0.464 e. The van der Waals surface area contributed by atoms with Gasteiger partial charge >= 0.3 is 5.97 Å². The fourth-order valence-electron chi connectivity index (χ4n) is 2.28. The molecule has 2 N–H and O–H groups in total. The number of hydrogen-bond acceptors (Lipinski definition) is 5. The van der Waals surface area contributed by atoms with Gasteiger partial charge < -0.3 is 19.9 Å². The average molecular weight is 238 g/mol. The lowest BCUT2D eigenvalue weighted by atomic mass is 10.1. The van der Waals surface area contributed by atoms with Gasteiger partial charge in [0.1, 0.15) is 5.82 Å². The molecular weight excluding hydrogens is 220 g/mol. The minimum absolute atomic E-state index is 0.209. The Hall–Kier alpha value is -1.56. The van der Waals surface area contributed by atoms with E-state index in [1.165, 1.54) is 7.11 Å². The minimum Gasteiger partial charge on any atom is -0.464 e. The summed E-state index contributed by atoms with van der Waals surface area (Å²) in [5.41, 5.74) is 6.15. The summed E-state index contributed by atoms with van der Waals surface area (Å²) in [4.78, 5) is 17.7. The van der Waals surface area contributed by atoms with Crippen molar-refractivity contribution < 1.29 is 9.53 Å². The number of aromatic nitrogens is 2. The maximum absolute atomic E-state index is 11.4. The van der Waals surface area contributed by atoms with Gasteiger partial charge in [-0.1, -0.05) is 0 Å². The van der Waals surface area contributed by atoms with Crippen LogP contribution in [-0.2, 0) is 4.74 Å². The molecule has 2 heterocycles. The SMILES string of the molecule is COC(=O)c1ncn(C2CCCN(C)C2)c1N. The van der Waals surface area contributed by atoms with Crippen LogP contribution in [0.2, 0.25) is 0 Å². The van der Waals surface area contributed by atoms with Gasteiger partial charge in [0.05, 0.1) is 13.4 Å². The number of anilines is 1. The standard InChI is InChI=1S/C11H18N4O2/c1-14-5-3-4-8(6-14)15-7-13-9(10(15)12)11(16)17-2/h7-8H,3-6,12H2,1-2H3. The predicted octanol–water partition coefficient (Wildman–Crippen LogP) is 0.519. The summed E-state index contributed by atoms with van der Waals surface area (Å²) >= 11 is 0. The molecule has 0 radical (unpaired) electrons. The van der Waals surface area contributed by atoms with Gasteiger partial charge in [0.15, 0.2) is 5.69 Å². The second kappa shape index (κ2) is 4.75. The van der Waals surface area contributed by atoms with Gasteiger partial charge in [-0.05, 0) is 26.4 Å². The molecule has 0 aliphatic carbocycles. The fraction of sp³-hybridized carbons (Fsp3) is 0.636. The van der Waals surface area contributed by atoms with Crippen LogP contribution in [0.3, 0.4) is 0 Å². The quantitative estimate of drug-likeness (QED) is 0.760. The van der Waals surface area contributed by atoms with Crippen molar-refractivity contribution in [3.63, 3.8) is 0 Å². The molecule has 1 aromatic rings. The van der Waals surface area contributed by atoms with Crippen LogP contribution in [0, 0.1) is 0 Å². The highest BCUT2D eigenvalue weighted by molar-refractivity contribution is 5.92.